The lowest BCUT2D eigenvalue weighted by Gasteiger charge is -2.31. The predicted molar refractivity (Wildman–Crippen MR) is 134 cm³/mol. The number of fused-ring (bicyclic) bond motifs is 1. The number of pyridine rings is 1. The molecule has 0 unspecified atom stereocenters. The molecule has 33 heavy (non-hydrogen) atoms. The minimum atomic E-state index is -0.0680. The van der Waals surface area contributed by atoms with Crippen molar-refractivity contribution in [3.8, 4) is 5.69 Å². The summed E-state index contributed by atoms with van der Waals surface area (Å²) in [6.07, 6.45) is 8.20. The van der Waals surface area contributed by atoms with E-state index in [1.807, 2.05) is 25.3 Å². The summed E-state index contributed by atoms with van der Waals surface area (Å²) < 4.78 is 1.61. The third-order valence-corrected chi connectivity index (χ3v) is 6.57. The second kappa shape index (κ2) is 9.11. The van der Waals surface area contributed by atoms with Crippen LogP contribution < -0.4 is 21.9 Å². The molecule has 2 heterocycles. The smallest absolute Gasteiger partial charge is 0.255 e. The van der Waals surface area contributed by atoms with Gasteiger partial charge in [-0.25, -0.2) is 0 Å². The van der Waals surface area contributed by atoms with E-state index in [4.69, 9.17) is 5.73 Å². The molecule has 1 saturated carbocycles. The van der Waals surface area contributed by atoms with Gasteiger partial charge < -0.3 is 16.4 Å². The Morgan fingerprint density at radius 1 is 1.15 bits per heavy atom. The van der Waals surface area contributed by atoms with E-state index in [9.17, 15) is 4.79 Å². The van der Waals surface area contributed by atoms with Gasteiger partial charge in [0.1, 0.15) is 0 Å². The molecule has 170 valence electrons. The Kier molecular flexibility index (Phi) is 5.88. The molecule has 1 aliphatic carbocycles. The van der Waals surface area contributed by atoms with Crippen LogP contribution in [-0.2, 0) is 6.54 Å². The van der Waals surface area contributed by atoms with Crippen LogP contribution in [0.3, 0.4) is 0 Å². The number of hydrogen-bond acceptors (Lipinski definition) is 5. The molecule has 2 aromatic carbocycles. The highest BCUT2D eigenvalue weighted by Crippen LogP contribution is 2.24. The van der Waals surface area contributed by atoms with Crippen LogP contribution in [0.15, 0.2) is 65.7 Å². The third kappa shape index (κ3) is 4.78. The van der Waals surface area contributed by atoms with Gasteiger partial charge in [-0.2, -0.15) is 5.10 Å². The monoisotopic (exact) mass is 442 g/mol. The van der Waals surface area contributed by atoms with Crippen LogP contribution >= 0.6 is 0 Å². The van der Waals surface area contributed by atoms with E-state index >= 15 is 0 Å². The fraction of sp³-hybridized carbons (Fsp3) is 0.308. The second-order valence-electron chi connectivity index (χ2n) is 9.05. The van der Waals surface area contributed by atoms with E-state index in [0.29, 0.717) is 17.8 Å². The molecule has 7 heteroatoms. The first-order valence-electron chi connectivity index (χ1n) is 11.6. The number of nitrogens with zero attached hydrogens (tertiary/aromatic N) is 2. The van der Waals surface area contributed by atoms with Crippen molar-refractivity contribution in [2.45, 2.75) is 51.2 Å². The molecular formula is C26H30N6O. The van der Waals surface area contributed by atoms with Crippen LogP contribution in [0.5, 0.6) is 0 Å². The van der Waals surface area contributed by atoms with Gasteiger partial charge in [-0.3, -0.25) is 14.5 Å². The van der Waals surface area contributed by atoms with Gasteiger partial charge in [0.25, 0.3) is 5.56 Å². The first-order valence-corrected chi connectivity index (χ1v) is 11.6. The molecule has 0 aliphatic heterocycles. The van der Waals surface area contributed by atoms with Crippen LogP contribution in [0.2, 0.25) is 0 Å². The fourth-order valence-corrected chi connectivity index (χ4v) is 4.70. The van der Waals surface area contributed by atoms with Crippen molar-refractivity contribution in [2.75, 3.05) is 11.1 Å². The van der Waals surface area contributed by atoms with Gasteiger partial charge in [-0.1, -0.05) is 12.1 Å². The zero-order chi connectivity index (χ0) is 22.8. The number of aryl methyl sites for hydroxylation is 1. The lowest BCUT2D eigenvalue weighted by molar-refractivity contribution is 0.350. The zero-order valence-electron chi connectivity index (χ0n) is 18.8. The molecular weight excluding hydrogens is 412 g/mol. The summed E-state index contributed by atoms with van der Waals surface area (Å²) >= 11 is 0. The average Bonchev–Trinajstić information content (AvgIpc) is 3.28. The summed E-state index contributed by atoms with van der Waals surface area (Å²) in [6.45, 7) is 2.62. The van der Waals surface area contributed by atoms with Crippen molar-refractivity contribution in [3.63, 3.8) is 0 Å². The van der Waals surface area contributed by atoms with Crippen molar-refractivity contribution in [1.29, 1.82) is 0 Å². The van der Waals surface area contributed by atoms with Crippen LogP contribution in [0, 0.1) is 6.92 Å². The van der Waals surface area contributed by atoms with Gasteiger partial charge in [0.05, 0.1) is 17.4 Å². The van der Waals surface area contributed by atoms with Crippen LogP contribution in [-0.4, -0.2) is 26.8 Å². The van der Waals surface area contributed by atoms with Gasteiger partial charge in [0.2, 0.25) is 0 Å². The zero-order valence-corrected chi connectivity index (χ0v) is 18.8. The maximum absolute atomic E-state index is 12.4. The Hall–Kier alpha value is -3.58. The summed E-state index contributed by atoms with van der Waals surface area (Å²) in [4.78, 5) is 12.4. The molecule has 2 aromatic heterocycles. The van der Waals surface area contributed by atoms with Crippen molar-refractivity contribution < 1.29 is 0 Å². The Balaban J connectivity index is 1.22. The highest BCUT2D eigenvalue weighted by Gasteiger charge is 2.21. The maximum atomic E-state index is 12.4. The molecule has 4 aromatic rings. The van der Waals surface area contributed by atoms with E-state index in [1.165, 1.54) is 19.3 Å². The van der Waals surface area contributed by atoms with Crippen molar-refractivity contribution in [1.82, 2.24) is 20.1 Å². The van der Waals surface area contributed by atoms with E-state index in [-0.39, 0.29) is 5.56 Å². The van der Waals surface area contributed by atoms with Gasteiger partial charge in [-0.15, -0.1) is 0 Å². The summed E-state index contributed by atoms with van der Waals surface area (Å²) in [6, 6.07) is 16.9. The Labute approximate surface area is 193 Å². The van der Waals surface area contributed by atoms with Crippen LogP contribution in [0.4, 0.5) is 11.4 Å². The van der Waals surface area contributed by atoms with E-state index in [0.717, 1.165) is 46.4 Å². The highest BCUT2D eigenvalue weighted by atomic mass is 16.1. The normalized spacial score (nSPS) is 18.5. The number of aromatic amines is 1. The first kappa shape index (κ1) is 21.3. The number of nitrogen functional groups attached to an aromatic ring is 1. The third-order valence-electron chi connectivity index (χ3n) is 6.57. The van der Waals surface area contributed by atoms with Gasteiger partial charge in [0, 0.05) is 47.7 Å². The van der Waals surface area contributed by atoms with E-state index in [2.05, 4.69) is 51.2 Å². The number of nitrogens with two attached hydrogens (primary N) is 1. The molecule has 7 nitrogen and oxygen atoms in total. The van der Waals surface area contributed by atoms with Crippen LogP contribution in [0.1, 0.15) is 36.8 Å². The largest absolute Gasteiger partial charge is 0.397 e. The number of hydrogen-bond donors (Lipinski definition) is 4. The fourth-order valence-electron chi connectivity index (χ4n) is 4.70. The number of aromatic nitrogens is 3. The lowest BCUT2D eigenvalue weighted by Crippen LogP contribution is -2.38. The number of nitrogens with one attached hydrogen (secondary N) is 3. The Morgan fingerprint density at radius 3 is 2.94 bits per heavy atom. The molecule has 0 bridgehead atoms. The average molecular weight is 443 g/mol. The minimum absolute atomic E-state index is 0.0680. The van der Waals surface area contributed by atoms with Crippen molar-refractivity contribution in [2.24, 2.45) is 0 Å². The molecule has 1 aliphatic rings. The molecule has 0 amide bonds. The first-order chi connectivity index (χ1) is 16.0. The number of benzene rings is 2. The molecule has 0 radical (unpaired) electrons. The lowest BCUT2D eigenvalue weighted by atomic mass is 9.90. The van der Waals surface area contributed by atoms with Crippen molar-refractivity contribution in [3.05, 3.63) is 82.4 Å². The molecule has 1 fully saturated rings. The summed E-state index contributed by atoms with van der Waals surface area (Å²) in [7, 11) is 0. The number of H-pyrrole nitrogens is 1. The molecule has 5 N–H and O–H groups in total. The van der Waals surface area contributed by atoms with E-state index < -0.39 is 0 Å². The molecule has 5 rings (SSSR count). The quantitative estimate of drug-likeness (QED) is 0.360. The number of rotatable bonds is 6. The summed E-state index contributed by atoms with van der Waals surface area (Å²) in [5.41, 5.74) is 11.6. The SMILES string of the molecule is Cc1cc(=O)n(-c2cccc(CN[C@H]3CCC[C@H](Nc4ccc5[nH]ncc5c4)C3)c2)cc1N. The Bertz CT molecular complexity index is 1320. The standard InChI is InChI=1S/C26H30N6O/c1-17-10-26(33)32(16-24(17)27)23-7-2-4-18(11-23)14-28-20-5-3-6-21(13-20)30-22-8-9-25-19(12-22)15-29-31-25/h2,4,7-12,15-16,20-21,28,30H,3,5-6,13-14,27H2,1H3,(H,29,31)/t20-,21-/m0/s1. The second-order valence-corrected chi connectivity index (χ2v) is 9.05. The highest BCUT2D eigenvalue weighted by molar-refractivity contribution is 5.81. The molecule has 0 spiro atoms. The minimum Gasteiger partial charge on any atom is -0.397 e. The van der Waals surface area contributed by atoms with Crippen molar-refractivity contribution >= 4 is 22.3 Å². The summed E-state index contributed by atoms with van der Waals surface area (Å²) in [5, 5.41) is 15.7. The Morgan fingerprint density at radius 2 is 2.03 bits per heavy atom. The van der Waals surface area contributed by atoms with Gasteiger partial charge >= 0.3 is 0 Å². The summed E-state index contributed by atoms with van der Waals surface area (Å²) in [5.74, 6) is 0. The van der Waals surface area contributed by atoms with Crippen LogP contribution in [0.25, 0.3) is 16.6 Å². The van der Waals surface area contributed by atoms with E-state index in [1.54, 1.807) is 16.8 Å². The van der Waals surface area contributed by atoms with Gasteiger partial charge in [-0.05, 0) is 74.1 Å². The topological polar surface area (TPSA) is 101 Å². The number of anilines is 2. The molecule has 2 atom stereocenters. The molecule has 0 saturated heterocycles. The van der Waals surface area contributed by atoms with Gasteiger partial charge in [0.15, 0.2) is 0 Å². The predicted octanol–water partition coefficient (Wildman–Crippen LogP) is 4.12. The maximum Gasteiger partial charge on any atom is 0.255 e.